The lowest BCUT2D eigenvalue weighted by atomic mass is 9.72. The Hall–Kier alpha value is -1.88. The van der Waals surface area contributed by atoms with E-state index in [9.17, 15) is 24.9 Å². The van der Waals surface area contributed by atoms with Crippen molar-refractivity contribution < 1.29 is 48.6 Å². The lowest BCUT2D eigenvalue weighted by Crippen LogP contribution is -2.65. The summed E-state index contributed by atoms with van der Waals surface area (Å²) in [5, 5.41) is 36.2. The van der Waals surface area contributed by atoms with Gasteiger partial charge < -0.3 is 39.0 Å². The number of hydrogen-bond acceptors (Lipinski definition) is 10. The molecule has 5 aliphatic heterocycles. The van der Waals surface area contributed by atoms with Crippen LogP contribution >= 0.6 is 0 Å². The van der Waals surface area contributed by atoms with Crippen LogP contribution in [-0.2, 0) is 33.3 Å². The second-order valence-electron chi connectivity index (χ2n) is 18.5. The summed E-state index contributed by atoms with van der Waals surface area (Å²) in [6.45, 7) is 20.2. The number of hydrogen-bond donors (Lipinski definition) is 4. The zero-order chi connectivity index (χ0) is 41.4. The highest BCUT2D eigenvalue weighted by Gasteiger charge is 2.63. The van der Waals surface area contributed by atoms with Crippen LogP contribution in [-0.4, -0.2) is 99.1 Å². The van der Waals surface area contributed by atoms with Crippen LogP contribution in [0.5, 0.6) is 0 Å². The minimum atomic E-state index is -1.18. The fourth-order valence-electron chi connectivity index (χ4n) is 10.9. The number of nitrogens with one attached hydrogen (secondary N) is 1. The first-order chi connectivity index (χ1) is 26.3. The first-order valence-corrected chi connectivity index (χ1v) is 21.8. The van der Waals surface area contributed by atoms with E-state index >= 15 is 0 Å². The van der Waals surface area contributed by atoms with Gasteiger partial charge in [0.1, 0.15) is 5.78 Å². The molecule has 4 fully saturated rings. The summed E-state index contributed by atoms with van der Waals surface area (Å²) >= 11 is 0. The molecule has 2 spiro atoms. The largest absolute Gasteiger partial charge is 0.481 e. The second kappa shape index (κ2) is 17.8. The maximum absolute atomic E-state index is 14.6. The van der Waals surface area contributed by atoms with Gasteiger partial charge in [0, 0.05) is 30.1 Å². The Morgan fingerprint density at radius 2 is 1.64 bits per heavy atom. The Morgan fingerprint density at radius 3 is 2.25 bits per heavy atom. The molecule has 11 nitrogen and oxygen atoms in total. The van der Waals surface area contributed by atoms with Gasteiger partial charge in [-0.25, -0.2) is 0 Å². The average Bonchev–Trinajstić information content (AvgIpc) is 3.51. The Kier molecular flexibility index (Phi) is 14.3. The van der Waals surface area contributed by atoms with Crippen molar-refractivity contribution in [3.63, 3.8) is 0 Å². The SMILES string of the molecule is C#CCN[C@@H]1C=C[C@]2(O[C@H](C(CC)C(=O)C(C)C(O)C(C)[C@@H]3O[C@@H](C(CC)C(=O)O)CC[C@@H]3C)[C@@H](C)C[C@H]2C)O[C@@]12CC[C@@](C)([C@H]1CC[C@](O)(CC)[C@H](C)O1)O2. The maximum Gasteiger partial charge on any atom is 0.309 e. The van der Waals surface area contributed by atoms with E-state index in [1.807, 2.05) is 40.7 Å². The lowest BCUT2D eigenvalue weighted by Gasteiger charge is -2.55. The molecule has 0 bridgehead atoms. The number of aliphatic carboxylic acids is 1. The molecule has 4 N–H and O–H groups in total. The Morgan fingerprint density at radius 1 is 0.946 bits per heavy atom. The number of aliphatic hydroxyl groups is 2. The molecule has 0 saturated carbocycles. The molecule has 5 rings (SSSR count). The smallest absolute Gasteiger partial charge is 0.309 e. The van der Waals surface area contributed by atoms with Gasteiger partial charge in [0.15, 0.2) is 11.6 Å². The van der Waals surface area contributed by atoms with Gasteiger partial charge >= 0.3 is 5.97 Å². The summed E-state index contributed by atoms with van der Waals surface area (Å²) in [5.74, 6) is -2.65. The van der Waals surface area contributed by atoms with E-state index < -0.39 is 64.8 Å². The Bertz CT molecular complexity index is 1450. The summed E-state index contributed by atoms with van der Waals surface area (Å²) in [6.07, 6.45) is 13.2. The molecule has 0 aromatic rings. The average molecular weight is 788 g/mol. The Labute approximate surface area is 336 Å². The molecule has 5 aliphatic rings. The second-order valence-corrected chi connectivity index (χ2v) is 18.5. The molecule has 18 atom stereocenters. The molecular weight excluding hydrogens is 714 g/mol. The number of carboxylic acids is 1. The van der Waals surface area contributed by atoms with Gasteiger partial charge in [0.05, 0.1) is 66.3 Å². The summed E-state index contributed by atoms with van der Waals surface area (Å²) in [7, 11) is 0. The van der Waals surface area contributed by atoms with Crippen LogP contribution in [0.1, 0.15) is 133 Å². The van der Waals surface area contributed by atoms with Crippen LogP contribution < -0.4 is 5.32 Å². The number of terminal acetylenes is 1. The molecule has 5 unspecified atom stereocenters. The molecule has 11 heteroatoms. The van der Waals surface area contributed by atoms with Crippen molar-refractivity contribution in [3.05, 3.63) is 12.2 Å². The first-order valence-electron chi connectivity index (χ1n) is 21.8. The predicted octanol–water partition coefficient (Wildman–Crippen LogP) is 6.42. The molecule has 318 valence electrons. The molecule has 56 heavy (non-hydrogen) atoms. The van der Waals surface area contributed by atoms with Crippen molar-refractivity contribution in [2.45, 2.75) is 199 Å². The van der Waals surface area contributed by atoms with Crippen molar-refractivity contribution in [2.24, 2.45) is 41.4 Å². The number of rotatable bonds is 14. The van der Waals surface area contributed by atoms with E-state index in [0.29, 0.717) is 57.9 Å². The van der Waals surface area contributed by atoms with E-state index in [-0.39, 0.29) is 53.8 Å². The molecular formula is C45H73NO10. The molecule has 0 radical (unpaired) electrons. The number of carbonyl (C=O) groups excluding carboxylic acids is 1. The standard InChI is InChI=1S/C45H73NO10/c1-12-24-46-35-18-21-44(56-45(35)23-22-42(11,55-45)36-19-20-43(51,15-4)31(10)52-36)28(7)25-27(6)40(54-44)33(14-3)38(48)29(8)37(47)30(9)39-26(5)16-17-34(53-39)32(13-2)41(49)50/h1,18,21,26-37,39-40,46-47,51H,13-17,19-20,22-25H2,2-11H3,(H,49,50)/t26-,27-,28+,29?,30?,31-,32?,33?,34+,35+,36+,37?,39+,40-,42-,43+,44-,45-/m0/s1. The van der Waals surface area contributed by atoms with Gasteiger partial charge in [0.25, 0.3) is 0 Å². The molecule has 0 aliphatic carbocycles. The number of carboxylic acid groups (broad SMARTS) is 1. The van der Waals surface area contributed by atoms with Crippen LogP contribution in [0.2, 0.25) is 0 Å². The van der Waals surface area contributed by atoms with E-state index in [1.165, 1.54) is 0 Å². The van der Waals surface area contributed by atoms with Crippen molar-refractivity contribution in [1.29, 1.82) is 0 Å². The van der Waals surface area contributed by atoms with Gasteiger partial charge in [-0.2, -0.15) is 0 Å². The van der Waals surface area contributed by atoms with Gasteiger partial charge in [-0.1, -0.05) is 67.4 Å². The van der Waals surface area contributed by atoms with Crippen LogP contribution in [0, 0.1) is 53.8 Å². The van der Waals surface area contributed by atoms with Crippen molar-refractivity contribution in [3.8, 4) is 12.3 Å². The van der Waals surface area contributed by atoms with Crippen LogP contribution in [0.3, 0.4) is 0 Å². The van der Waals surface area contributed by atoms with E-state index in [1.54, 1.807) is 6.92 Å². The zero-order valence-electron chi connectivity index (χ0n) is 35.8. The molecule has 0 aromatic carbocycles. The Balaban J connectivity index is 1.36. The third-order valence-corrected chi connectivity index (χ3v) is 14.9. The topological polar surface area (TPSA) is 153 Å². The van der Waals surface area contributed by atoms with Crippen LogP contribution in [0.15, 0.2) is 12.2 Å². The maximum atomic E-state index is 14.6. The fourth-order valence-corrected chi connectivity index (χ4v) is 10.9. The quantitative estimate of drug-likeness (QED) is 0.114. The molecule has 5 heterocycles. The minimum Gasteiger partial charge on any atom is -0.481 e. The van der Waals surface area contributed by atoms with Crippen molar-refractivity contribution in [2.75, 3.05) is 6.54 Å². The van der Waals surface area contributed by atoms with Gasteiger partial charge in [0.2, 0.25) is 0 Å². The van der Waals surface area contributed by atoms with Crippen molar-refractivity contribution >= 4 is 11.8 Å². The predicted molar refractivity (Wildman–Crippen MR) is 213 cm³/mol. The number of carbonyl (C=O) groups is 2. The summed E-state index contributed by atoms with van der Waals surface area (Å²) in [5.41, 5.74) is -1.55. The number of ether oxygens (including phenoxy) is 5. The minimum absolute atomic E-state index is 0.0326. The van der Waals surface area contributed by atoms with E-state index in [2.05, 4.69) is 45.0 Å². The zero-order valence-corrected chi connectivity index (χ0v) is 35.8. The fraction of sp³-hybridized carbons (Fsp3) is 0.867. The van der Waals surface area contributed by atoms with Crippen LogP contribution in [0.25, 0.3) is 0 Å². The third-order valence-electron chi connectivity index (χ3n) is 14.9. The molecule has 0 amide bonds. The summed E-state index contributed by atoms with van der Waals surface area (Å²) in [4.78, 5) is 26.5. The number of ketones is 1. The molecule has 0 aromatic heterocycles. The number of aliphatic hydroxyl groups excluding tert-OH is 1. The summed E-state index contributed by atoms with van der Waals surface area (Å²) in [6, 6.07) is -0.361. The highest BCUT2D eigenvalue weighted by atomic mass is 16.8. The lowest BCUT2D eigenvalue weighted by molar-refractivity contribution is -0.398. The van der Waals surface area contributed by atoms with Gasteiger partial charge in [-0.05, 0) is 89.5 Å². The third kappa shape index (κ3) is 8.56. The first kappa shape index (κ1) is 45.2. The van der Waals surface area contributed by atoms with Gasteiger partial charge in [-0.15, -0.1) is 6.42 Å². The van der Waals surface area contributed by atoms with Gasteiger partial charge in [-0.3, -0.25) is 14.9 Å². The highest BCUT2D eigenvalue weighted by molar-refractivity contribution is 5.84. The van der Waals surface area contributed by atoms with Crippen LogP contribution in [0.4, 0.5) is 0 Å². The monoisotopic (exact) mass is 788 g/mol. The summed E-state index contributed by atoms with van der Waals surface area (Å²) < 4.78 is 34.4. The van der Waals surface area contributed by atoms with E-state index in [0.717, 1.165) is 12.8 Å². The van der Waals surface area contributed by atoms with E-state index in [4.69, 9.17) is 30.1 Å². The number of Topliss-reactive ketones (excluding diaryl/α,β-unsaturated/α-hetero) is 1. The normalized spacial score (nSPS) is 44.2. The van der Waals surface area contributed by atoms with Crippen molar-refractivity contribution in [1.82, 2.24) is 5.32 Å². The highest BCUT2D eigenvalue weighted by Crippen LogP contribution is 2.54. The molecule has 4 saturated heterocycles.